The minimum Gasteiger partial charge on any atom is -0.383 e. The Morgan fingerprint density at radius 1 is 1.53 bits per heavy atom. The number of ether oxygens (including phenoxy) is 1. The fourth-order valence-electron chi connectivity index (χ4n) is 1.65. The topological polar surface area (TPSA) is 38.3 Å². The van der Waals surface area contributed by atoms with E-state index in [0.29, 0.717) is 18.0 Å². The molecule has 2 aromatic rings. The van der Waals surface area contributed by atoms with Crippen molar-refractivity contribution < 1.29 is 13.9 Å². The Labute approximate surface area is 122 Å². The second-order valence-electron chi connectivity index (χ2n) is 4.06. The molecule has 1 unspecified atom stereocenters. The number of carbonyl (C=O) groups excluding carboxylic acids is 1. The van der Waals surface area contributed by atoms with Gasteiger partial charge in [-0.15, -0.1) is 11.3 Å². The second kappa shape index (κ2) is 6.45. The molecule has 0 saturated heterocycles. The first-order valence-electron chi connectivity index (χ1n) is 5.70. The summed E-state index contributed by atoms with van der Waals surface area (Å²) in [6.45, 7) is 1.01. The Balaban J connectivity index is 2.05. The van der Waals surface area contributed by atoms with Gasteiger partial charge in [-0.1, -0.05) is 22.0 Å². The van der Waals surface area contributed by atoms with Crippen LogP contribution in [0.1, 0.15) is 9.67 Å². The van der Waals surface area contributed by atoms with Crippen molar-refractivity contribution in [2.75, 3.05) is 20.3 Å². The third kappa shape index (κ3) is 3.75. The quantitative estimate of drug-likeness (QED) is 0.845. The van der Waals surface area contributed by atoms with Gasteiger partial charge in [0.1, 0.15) is 5.82 Å². The van der Waals surface area contributed by atoms with E-state index in [2.05, 4.69) is 21.2 Å². The van der Waals surface area contributed by atoms with Crippen molar-refractivity contribution >= 4 is 43.3 Å². The maximum atomic E-state index is 13.1. The zero-order chi connectivity index (χ0) is 13.8. The van der Waals surface area contributed by atoms with Crippen LogP contribution in [0.4, 0.5) is 4.39 Å². The van der Waals surface area contributed by atoms with E-state index in [9.17, 15) is 9.18 Å². The van der Waals surface area contributed by atoms with Crippen LogP contribution < -0.4 is 5.32 Å². The van der Waals surface area contributed by atoms with Crippen LogP contribution in [0.5, 0.6) is 0 Å². The van der Waals surface area contributed by atoms with Gasteiger partial charge in [-0.3, -0.25) is 4.79 Å². The molecule has 1 atom stereocenters. The first-order valence-corrected chi connectivity index (χ1v) is 7.43. The Hall–Kier alpha value is -0.980. The normalized spacial score (nSPS) is 12.6. The van der Waals surface area contributed by atoms with Crippen LogP contribution in [0.2, 0.25) is 0 Å². The molecule has 1 amide bonds. The van der Waals surface area contributed by atoms with Crippen LogP contribution >= 0.6 is 27.3 Å². The van der Waals surface area contributed by atoms with Gasteiger partial charge < -0.3 is 10.1 Å². The van der Waals surface area contributed by atoms with E-state index in [1.165, 1.54) is 23.5 Å². The molecule has 0 radical (unpaired) electrons. The van der Waals surface area contributed by atoms with E-state index in [4.69, 9.17) is 4.74 Å². The lowest BCUT2D eigenvalue weighted by Crippen LogP contribution is -2.30. The maximum absolute atomic E-state index is 13.1. The summed E-state index contributed by atoms with van der Waals surface area (Å²) in [5.41, 5.74) is 0. The zero-order valence-electron chi connectivity index (χ0n) is 10.3. The number of rotatable bonds is 5. The van der Waals surface area contributed by atoms with Crippen LogP contribution in [-0.2, 0) is 4.74 Å². The minimum atomic E-state index is -0.290. The van der Waals surface area contributed by atoms with Gasteiger partial charge in [0, 0.05) is 18.4 Å². The number of alkyl halides is 1. The molecule has 6 heteroatoms. The zero-order valence-corrected chi connectivity index (χ0v) is 12.7. The number of hydrogen-bond donors (Lipinski definition) is 1. The number of hydrogen-bond acceptors (Lipinski definition) is 3. The second-order valence-corrected chi connectivity index (χ2v) is 6.43. The molecule has 0 aliphatic carbocycles. The van der Waals surface area contributed by atoms with Crippen molar-refractivity contribution in [1.29, 1.82) is 0 Å². The molecule has 0 saturated carbocycles. The molecule has 0 aliphatic rings. The van der Waals surface area contributed by atoms with Crippen molar-refractivity contribution in [3.8, 4) is 0 Å². The molecule has 0 fully saturated rings. The molecule has 102 valence electrons. The molecule has 19 heavy (non-hydrogen) atoms. The average Bonchev–Trinajstić information content (AvgIpc) is 2.79. The minimum absolute atomic E-state index is 0.0771. The Kier molecular flexibility index (Phi) is 4.90. The maximum Gasteiger partial charge on any atom is 0.261 e. The third-order valence-corrected chi connectivity index (χ3v) is 4.22. The van der Waals surface area contributed by atoms with Gasteiger partial charge in [-0.05, 0) is 23.6 Å². The summed E-state index contributed by atoms with van der Waals surface area (Å²) in [5.74, 6) is -0.441. The summed E-state index contributed by atoms with van der Waals surface area (Å²) in [4.78, 5) is 12.6. The Bertz CT molecular complexity index is 587. The van der Waals surface area contributed by atoms with E-state index < -0.39 is 0 Å². The average molecular weight is 346 g/mol. The van der Waals surface area contributed by atoms with Crippen LogP contribution in [0.3, 0.4) is 0 Å². The highest BCUT2D eigenvalue weighted by atomic mass is 79.9. The molecular weight excluding hydrogens is 333 g/mol. The summed E-state index contributed by atoms with van der Waals surface area (Å²) in [7, 11) is 1.61. The first-order chi connectivity index (χ1) is 9.10. The number of amides is 1. The van der Waals surface area contributed by atoms with E-state index in [1.807, 2.05) is 0 Å². The summed E-state index contributed by atoms with van der Waals surface area (Å²) < 4.78 is 18.8. The highest BCUT2D eigenvalue weighted by Gasteiger charge is 2.12. The molecular formula is C13H13BrFNO2S. The molecule has 3 nitrogen and oxygen atoms in total. The van der Waals surface area contributed by atoms with Gasteiger partial charge in [0.2, 0.25) is 0 Å². The number of thiophene rings is 1. The molecule has 1 N–H and O–H groups in total. The molecule has 1 aromatic carbocycles. The molecule has 0 spiro atoms. The van der Waals surface area contributed by atoms with Gasteiger partial charge in [0.25, 0.3) is 5.91 Å². The standard InChI is InChI=1S/C13H13BrFNO2S/c1-18-7-9(14)6-16-13(17)12-4-8-2-3-10(15)5-11(8)19-12/h2-5,9H,6-7H2,1H3,(H,16,17). The van der Waals surface area contributed by atoms with E-state index >= 15 is 0 Å². The van der Waals surface area contributed by atoms with E-state index in [1.54, 1.807) is 19.2 Å². The Morgan fingerprint density at radius 3 is 3.05 bits per heavy atom. The number of methoxy groups -OCH3 is 1. The third-order valence-electron chi connectivity index (χ3n) is 2.54. The van der Waals surface area contributed by atoms with Crippen LogP contribution in [0, 0.1) is 5.82 Å². The van der Waals surface area contributed by atoms with Crippen LogP contribution in [-0.4, -0.2) is 31.0 Å². The van der Waals surface area contributed by atoms with Gasteiger partial charge in [0.15, 0.2) is 0 Å². The van der Waals surface area contributed by atoms with Crippen LogP contribution in [0.15, 0.2) is 24.3 Å². The van der Waals surface area contributed by atoms with Crippen molar-refractivity contribution in [1.82, 2.24) is 5.32 Å². The summed E-state index contributed by atoms with van der Waals surface area (Å²) >= 11 is 4.68. The fourth-order valence-corrected chi connectivity index (χ4v) is 3.08. The highest BCUT2D eigenvalue weighted by Crippen LogP contribution is 2.26. The fraction of sp³-hybridized carbons (Fsp3) is 0.308. The smallest absolute Gasteiger partial charge is 0.261 e. The number of benzene rings is 1. The lowest BCUT2D eigenvalue weighted by molar-refractivity contribution is 0.0954. The summed E-state index contributed by atoms with van der Waals surface area (Å²) in [6, 6.07) is 6.28. The summed E-state index contributed by atoms with van der Waals surface area (Å²) in [6.07, 6.45) is 0. The Morgan fingerprint density at radius 2 is 2.32 bits per heavy atom. The van der Waals surface area contributed by atoms with Crippen molar-refractivity contribution in [2.24, 2.45) is 0 Å². The highest BCUT2D eigenvalue weighted by molar-refractivity contribution is 9.09. The van der Waals surface area contributed by atoms with Crippen molar-refractivity contribution in [3.63, 3.8) is 0 Å². The van der Waals surface area contributed by atoms with Crippen molar-refractivity contribution in [2.45, 2.75) is 4.83 Å². The van der Waals surface area contributed by atoms with Gasteiger partial charge >= 0.3 is 0 Å². The van der Waals surface area contributed by atoms with Crippen molar-refractivity contribution in [3.05, 3.63) is 35.0 Å². The molecule has 0 aliphatic heterocycles. The predicted molar refractivity (Wildman–Crippen MR) is 78.7 cm³/mol. The number of halogens is 2. The lowest BCUT2D eigenvalue weighted by Gasteiger charge is -2.08. The largest absolute Gasteiger partial charge is 0.383 e. The number of carbonyl (C=O) groups is 1. The molecule has 1 aromatic heterocycles. The van der Waals surface area contributed by atoms with Crippen LogP contribution in [0.25, 0.3) is 10.1 Å². The molecule has 0 bridgehead atoms. The SMILES string of the molecule is COCC(Br)CNC(=O)c1cc2ccc(F)cc2s1. The van der Waals surface area contributed by atoms with E-state index in [0.717, 1.165) is 10.1 Å². The molecule has 2 rings (SSSR count). The number of fused-ring (bicyclic) bond motifs is 1. The van der Waals surface area contributed by atoms with Gasteiger partial charge in [-0.25, -0.2) is 4.39 Å². The summed E-state index contributed by atoms with van der Waals surface area (Å²) in [5, 5.41) is 3.69. The number of nitrogens with one attached hydrogen (secondary N) is 1. The van der Waals surface area contributed by atoms with Gasteiger partial charge in [0.05, 0.1) is 16.3 Å². The van der Waals surface area contributed by atoms with E-state index in [-0.39, 0.29) is 16.6 Å². The van der Waals surface area contributed by atoms with Gasteiger partial charge in [-0.2, -0.15) is 0 Å². The first kappa shape index (κ1) is 14.4. The lowest BCUT2D eigenvalue weighted by atomic mass is 10.2. The molecule has 1 heterocycles. The monoisotopic (exact) mass is 345 g/mol. The predicted octanol–water partition coefficient (Wildman–Crippen LogP) is 3.18.